The van der Waals surface area contributed by atoms with E-state index in [2.05, 4.69) is 69.5 Å². The Morgan fingerprint density at radius 2 is 1.50 bits per heavy atom. The SMILES string of the molecule is CN1C=CN(c2cccc(Oc3cccc(N(c4ccccc4)c4ccccn4)c3)c2)C1. The van der Waals surface area contributed by atoms with Gasteiger partial charge < -0.3 is 14.5 Å². The molecular weight excluding hydrogens is 396 g/mol. The highest BCUT2D eigenvalue weighted by Crippen LogP contribution is 2.36. The van der Waals surface area contributed by atoms with Gasteiger partial charge in [0.05, 0.1) is 12.4 Å². The molecule has 1 aliphatic rings. The van der Waals surface area contributed by atoms with Crippen LogP contribution in [-0.2, 0) is 0 Å². The van der Waals surface area contributed by atoms with Crippen molar-refractivity contribution in [3.63, 3.8) is 0 Å². The molecule has 0 unspecified atom stereocenters. The predicted octanol–water partition coefficient (Wildman–Crippen LogP) is 6.52. The lowest BCUT2D eigenvalue weighted by molar-refractivity contribution is 0.481. The fraction of sp³-hybridized carbons (Fsp3) is 0.0741. The molecule has 1 aliphatic heterocycles. The van der Waals surface area contributed by atoms with Crippen LogP contribution in [0.5, 0.6) is 11.5 Å². The normalized spacial score (nSPS) is 12.8. The minimum atomic E-state index is 0.769. The fourth-order valence-electron chi connectivity index (χ4n) is 3.72. The van der Waals surface area contributed by atoms with E-state index >= 15 is 0 Å². The van der Waals surface area contributed by atoms with Gasteiger partial charge in [0, 0.05) is 49.2 Å². The van der Waals surface area contributed by atoms with Crippen LogP contribution in [-0.4, -0.2) is 23.6 Å². The number of rotatable bonds is 6. The number of benzene rings is 3. The van der Waals surface area contributed by atoms with E-state index in [1.807, 2.05) is 66.7 Å². The lowest BCUT2D eigenvalue weighted by Gasteiger charge is -2.24. The van der Waals surface area contributed by atoms with Crippen molar-refractivity contribution in [3.05, 3.63) is 116 Å². The summed E-state index contributed by atoms with van der Waals surface area (Å²) < 4.78 is 6.26. The van der Waals surface area contributed by atoms with Gasteiger partial charge in [-0.3, -0.25) is 4.90 Å². The highest BCUT2D eigenvalue weighted by Gasteiger charge is 2.15. The Kier molecular flexibility index (Phi) is 5.45. The van der Waals surface area contributed by atoms with E-state index < -0.39 is 0 Å². The molecule has 1 aromatic heterocycles. The molecule has 5 nitrogen and oxygen atoms in total. The zero-order chi connectivity index (χ0) is 21.8. The Labute approximate surface area is 188 Å². The maximum absolute atomic E-state index is 6.26. The summed E-state index contributed by atoms with van der Waals surface area (Å²) in [7, 11) is 2.06. The standard InChI is InChI=1S/C27H24N4O/c1-29-17-18-30(21-29)23-11-7-13-25(19-23)32-26-14-8-12-24(20-26)31(22-9-3-2-4-10-22)27-15-5-6-16-28-27/h2-20H,21H2,1H3. The number of pyridine rings is 1. The van der Waals surface area contributed by atoms with E-state index in [0.29, 0.717) is 0 Å². The number of hydrogen-bond donors (Lipinski definition) is 0. The van der Waals surface area contributed by atoms with E-state index in [-0.39, 0.29) is 0 Å². The molecule has 4 aromatic rings. The molecule has 0 spiro atoms. The third kappa shape index (κ3) is 4.27. The summed E-state index contributed by atoms with van der Waals surface area (Å²) in [4.78, 5) is 11.0. The van der Waals surface area contributed by atoms with Gasteiger partial charge in [-0.2, -0.15) is 0 Å². The van der Waals surface area contributed by atoms with Crippen LogP contribution < -0.4 is 14.5 Å². The molecule has 0 saturated carbocycles. The van der Waals surface area contributed by atoms with Crippen molar-refractivity contribution >= 4 is 22.9 Å². The van der Waals surface area contributed by atoms with Crippen molar-refractivity contribution in [1.82, 2.24) is 9.88 Å². The molecular formula is C27H24N4O. The summed E-state index contributed by atoms with van der Waals surface area (Å²) >= 11 is 0. The smallest absolute Gasteiger partial charge is 0.137 e. The molecule has 0 radical (unpaired) electrons. The zero-order valence-corrected chi connectivity index (χ0v) is 17.9. The van der Waals surface area contributed by atoms with Gasteiger partial charge >= 0.3 is 0 Å². The average molecular weight is 421 g/mol. The first-order chi connectivity index (χ1) is 15.8. The van der Waals surface area contributed by atoms with E-state index in [1.54, 1.807) is 6.20 Å². The van der Waals surface area contributed by atoms with Crippen LogP contribution in [0, 0.1) is 0 Å². The van der Waals surface area contributed by atoms with Crippen LogP contribution in [0.25, 0.3) is 0 Å². The predicted molar refractivity (Wildman–Crippen MR) is 130 cm³/mol. The van der Waals surface area contributed by atoms with Crippen LogP contribution in [0.2, 0.25) is 0 Å². The summed E-state index contributed by atoms with van der Waals surface area (Å²) in [5, 5.41) is 0. The second kappa shape index (κ2) is 8.86. The van der Waals surface area contributed by atoms with Gasteiger partial charge in [-0.25, -0.2) is 4.98 Å². The molecule has 32 heavy (non-hydrogen) atoms. The summed E-state index contributed by atoms with van der Waals surface area (Å²) in [5.41, 5.74) is 3.11. The molecule has 0 atom stereocenters. The maximum atomic E-state index is 6.26. The van der Waals surface area contributed by atoms with Crippen molar-refractivity contribution in [2.24, 2.45) is 0 Å². The first-order valence-corrected chi connectivity index (χ1v) is 10.6. The molecule has 5 rings (SSSR count). The van der Waals surface area contributed by atoms with Crippen molar-refractivity contribution < 1.29 is 4.74 Å². The molecule has 0 aliphatic carbocycles. The van der Waals surface area contributed by atoms with E-state index in [4.69, 9.17) is 4.74 Å². The van der Waals surface area contributed by atoms with E-state index in [9.17, 15) is 0 Å². The lowest BCUT2D eigenvalue weighted by atomic mass is 10.2. The first-order valence-electron chi connectivity index (χ1n) is 10.6. The molecule has 0 saturated heterocycles. The number of nitrogens with zero attached hydrogens (tertiary/aromatic N) is 4. The number of aromatic nitrogens is 1. The van der Waals surface area contributed by atoms with Gasteiger partial charge in [0.2, 0.25) is 0 Å². The van der Waals surface area contributed by atoms with Crippen molar-refractivity contribution in [2.45, 2.75) is 0 Å². The highest BCUT2D eigenvalue weighted by molar-refractivity contribution is 5.75. The number of hydrogen-bond acceptors (Lipinski definition) is 5. The van der Waals surface area contributed by atoms with Gasteiger partial charge in [-0.05, 0) is 48.5 Å². The summed E-state index contributed by atoms with van der Waals surface area (Å²) in [6, 6.07) is 32.4. The lowest BCUT2D eigenvalue weighted by Crippen LogP contribution is -2.21. The summed E-state index contributed by atoms with van der Waals surface area (Å²) in [6.07, 6.45) is 5.94. The zero-order valence-electron chi connectivity index (χ0n) is 17.9. The molecule has 0 bridgehead atoms. The fourth-order valence-corrected chi connectivity index (χ4v) is 3.72. The van der Waals surface area contributed by atoms with Gasteiger partial charge in [0.15, 0.2) is 0 Å². The Hall–Kier alpha value is -4.25. The van der Waals surface area contributed by atoms with Gasteiger partial charge in [-0.1, -0.05) is 36.4 Å². The number of ether oxygens (including phenoxy) is 1. The molecule has 5 heteroatoms. The van der Waals surface area contributed by atoms with Gasteiger partial charge in [0.25, 0.3) is 0 Å². The topological polar surface area (TPSA) is 31.8 Å². The van der Waals surface area contributed by atoms with Crippen LogP contribution in [0.4, 0.5) is 22.9 Å². The maximum Gasteiger partial charge on any atom is 0.137 e. The number of para-hydroxylation sites is 1. The molecule has 0 N–H and O–H groups in total. The van der Waals surface area contributed by atoms with E-state index in [1.165, 1.54) is 0 Å². The Balaban J connectivity index is 1.45. The Bertz CT molecular complexity index is 1170. The van der Waals surface area contributed by atoms with Gasteiger partial charge in [0.1, 0.15) is 17.3 Å². The molecule has 158 valence electrons. The van der Waals surface area contributed by atoms with Crippen molar-refractivity contribution in [2.75, 3.05) is 23.5 Å². The molecule has 3 aromatic carbocycles. The second-order valence-corrected chi connectivity index (χ2v) is 7.62. The highest BCUT2D eigenvalue weighted by atomic mass is 16.5. The van der Waals surface area contributed by atoms with E-state index in [0.717, 1.165) is 41.0 Å². The molecule has 0 fully saturated rings. The molecule has 2 heterocycles. The van der Waals surface area contributed by atoms with Crippen LogP contribution in [0.15, 0.2) is 116 Å². The second-order valence-electron chi connectivity index (χ2n) is 7.62. The van der Waals surface area contributed by atoms with Crippen LogP contribution in [0.1, 0.15) is 0 Å². The summed E-state index contributed by atoms with van der Waals surface area (Å²) in [5.74, 6) is 2.42. The van der Waals surface area contributed by atoms with Crippen LogP contribution >= 0.6 is 0 Å². The Morgan fingerprint density at radius 3 is 2.25 bits per heavy atom. The third-order valence-corrected chi connectivity index (χ3v) is 5.23. The largest absolute Gasteiger partial charge is 0.457 e. The molecule has 0 amide bonds. The summed E-state index contributed by atoms with van der Waals surface area (Å²) in [6.45, 7) is 0.828. The monoisotopic (exact) mass is 420 g/mol. The van der Waals surface area contributed by atoms with Gasteiger partial charge in [-0.15, -0.1) is 0 Å². The van der Waals surface area contributed by atoms with Crippen molar-refractivity contribution in [1.29, 1.82) is 0 Å². The van der Waals surface area contributed by atoms with Crippen molar-refractivity contribution in [3.8, 4) is 11.5 Å². The average Bonchev–Trinajstić information content (AvgIpc) is 3.28. The van der Waals surface area contributed by atoms with Crippen LogP contribution in [0.3, 0.4) is 0 Å². The third-order valence-electron chi connectivity index (χ3n) is 5.23. The Morgan fingerprint density at radius 1 is 0.750 bits per heavy atom. The first kappa shape index (κ1) is 19.7. The minimum Gasteiger partial charge on any atom is -0.457 e. The number of anilines is 4. The minimum absolute atomic E-state index is 0.769. The quantitative estimate of drug-likeness (QED) is 0.354.